The highest BCUT2D eigenvalue weighted by Gasteiger charge is 2.92. The van der Waals surface area contributed by atoms with E-state index in [2.05, 4.69) is 66.0 Å². The van der Waals surface area contributed by atoms with Gasteiger partial charge >= 0.3 is 5.97 Å². The summed E-state index contributed by atoms with van der Waals surface area (Å²) >= 11 is 0. The van der Waals surface area contributed by atoms with Gasteiger partial charge < -0.3 is 9.47 Å². The molecular formula is C34H32O3. The molecule has 2 spiro atoms. The van der Waals surface area contributed by atoms with Crippen molar-refractivity contribution in [3.63, 3.8) is 0 Å². The van der Waals surface area contributed by atoms with Crippen molar-refractivity contribution in [2.45, 2.75) is 52.6 Å². The molecule has 186 valence electrons. The van der Waals surface area contributed by atoms with Crippen molar-refractivity contribution in [1.29, 1.82) is 0 Å². The Balaban J connectivity index is 1.76. The molecule has 0 amide bonds. The third-order valence-corrected chi connectivity index (χ3v) is 10.1. The van der Waals surface area contributed by atoms with Crippen LogP contribution >= 0.6 is 0 Å². The molecule has 6 aliphatic rings. The molecular weight excluding hydrogens is 456 g/mol. The average molecular weight is 489 g/mol. The molecule has 1 heterocycles. The number of fused-ring (bicyclic) bond motifs is 3. The zero-order valence-electron chi connectivity index (χ0n) is 22.2. The summed E-state index contributed by atoms with van der Waals surface area (Å²) in [4.78, 5) is 14.5. The Bertz CT molecular complexity index is 1580. The van der Waals surface area contributed by atoms with Gasteiger partial charge in [-0.1, -0.05) is 62.6 Å². The van der Waals surface area contributed by atoms with Gasteiger partial charge in [-0.2, -0.15) is 0 Å². The van der Waals surface area contributed by atoms with Crippen molar-refractivity contribution >= 4 is 5.97 Å². The molecule has 7 rings (SSSR count). The summed E-state index contributed by atoms with van der Waals surface area (Å²) in [6.45, 7) is 19.9. The van der Waals surface area contributed by atoms with Crippen LogP contribution in [0.15, 0.2) is 117 Å². The minimum atomic E-state index is -1.19. The lowest BCUT2D eigenvalue weighted by atomic mass is 9.25. The maximum atomic E-state index is 14.5. The van der Waals surface area contributed by atoms with Crippen molar-refractivity contribution in [2.24, 2.45) is 10.8 Å². The number of carbonyl (C=O) groups is 1. The molecule has 0 bridgehead atoms. The lowest BCUT2D eigenvalue weighted by molar-refractivity contribution is -0.255. The number of allylic oxidation sites excluding steroid dienone is 12. The van der Waals surface area contributed by atoms with E-state index in [-0.39, 0.29) is 11.9 Å². The summed E-state index contributed by atoms with van der Waals surface area (Å²) < 4.78 is 13.1. The fraction of sp³-hybridized carbons (Fsp3) is 0.324. The second-order valence-electron chi connectivity index (χ2n) is 11.1. The number of para-hydroxylation sites is 1. The molecule has 1 fully saturated rings. The molecule has 0 radical (unpaired) electrons. The Kier molecular flexibility index (Phi) is 4.24. The van der Waals surface area contributed by atoms with Crippen LogP contribution in [-0.4, -0.2) is 18.2 Å². The van der Waals surface area contributed by atoms with Crippen LogP contribution in [0.5, 0.6) is 5.75 Å². The second-order valence-corrected chi connectivity index (χ2v) is 11.1. The number of hydrogen-bond donors (Lipinski definition) is 0. The van der Waals surface area contributed by atoms with Crippen LogP contribution in [0.2, 0.25) is 0 Å². The molecule has 1 saturated carbocycles. The van der Waals surface area contributed by atoms with E-state index in [0.717, 1.165) is 23.1 Å². The van der Waals surface area contributed by atoms with E-state index < -0.39 is 16.4 Å². The highest BCUT2D eigenvalue weighted by molar-refractivity contribution is 6.00. The topological polar surface area (TPSA) is 35.5 Å². The quantitative estimate of drug-likeness (QED) is 0.320. The van der Waals surface area contributed by atoms with E-state index in [1.807, 2.05) is 30.4 Å². The molecule has 0 aromatic heterocycles. The van der Waals surface area contributed by atoms with Gasteiger partial charge in [-0.05, 0) is 95.9 Å². The first-order valence-corrected chi connectivity index (χ1v) is 13.3. The van der Waals surface area contributed by atoms with Crippen LogP contribution in [0.1, 0.15) is 52.5 Å². The molecule has 4 atom stereocenters. The zero-order chi connectivity index (χ0) is 26.1. The van der Waals surface area contributed by atoms with Crippen LogP contribution in [-0.2, 0) is 9.53 Å². The van der Waals surface area contributed by atoms with E-state index in [1.165, 1.54) is 44.6 Å². The smallest absolute Gasteiger partial charge is 0.345 e. The van der Waals surface area contributed by atoms with Gasteiger partial charge in [0.2, 0.25) is 0 Å². The average Bonchev–Trinajstić information content (AvgIpc) is 3.31. The summed E-state index contributed by atoms with van der Waals surface area (Å²) in [5, 5.41) is 0. The van der Waals surface area contributed by atoms with Gasteiger partial charge in [0.25, 0.3) is 0 Å². The summed E-state index contributed by atoms with van der Waals surface area (Å²) in [5.41, 5.74) is 10.8. The van der Waals surface area contributed by atoms with Gasteiger partial charge in [0.15, 0.2) is 5.60 Å². The Morgan fingerprint density at radius 3 is 2.24 bits per heavy atom. The Morgan fingerprint density at radius 2 is 1.54 bits per heavy atom. The maximum Gasteiger partial charge on any atom is 0.345 e. The molecule has 1 aliphatic heterocycles. The number of hydrogen-bond acceptors (Lipinski definition) is 3. The fourth-order valence-corrected chi connectivity index (χ4v) is 9.24. The van der Waals surface area contributed by atoms with Crippen molar-refractivity contribution in [3.05, 3.63) is 123 Å². The van der Waals surface area contributed by atoms with E-state index in [1.54, 1.807) is 0 Å². The monoisotopic (exact) mass is 488 g/mol. The Labute approximate surface area is 218 Å². The van der Waals surface area contributed by atoms with Crippen LogP contribution in [0.4, 0.5) is 0 Å². The zero-order valence-corrected chi connectivity index (χ0v) is 22.2. The Morgan fingerprint density at radius 1 is 0.919 bits per heavy atom. The molecule has 0 saturated heterocycles. The van der Waals surface area contributed by atoms with Crippen molar-refractivity contribution in [3.8, 4) is 5.75 Å². The minimum Gasteiger partial charge on any atom is -0.424 e. The normalized spacial score (nSPS) is 34.3. The van der Waals surface area contributed by atoms with E-state index >= 15 is 0 Å². The number of rotatable bonds is 5. The standard InChI is InChI=1S/C34H32O3/c1-8-17-36-34-30(24-13-11-12-14-27(24)37-31(34)35)32-25-15-16-26-23(10-3)21(7)29(33(26,32)34)19(5)18(4)28(32)20(6)22(25)9-2/h9-16,30H,2-3,8,17H2,1,4-7H3. The van der Waals surface area contributed by atoms with Gasteiger partial charge in [0.05, 0.1) is 5.41 Å². The molecule has 0 N–H and O–H groups in total. The predicted octanol–water partition coefficient (Wildman–Crippen LogP) is 7.39. The first kappa shape index (κ1) is 22.7. The third-order valence-electron chi connectivity index (χ3n) is 10.1. The van der Waals surface area contributed by atoms with Crippen LogP contribution in [0.3, 0.4) is 0 Å². The van der Waals surface area contributed by atoms with Crippen LogP contribution in [0, 0.1) is 10.8 Å². The molecule has 5 aliphatic carbocycles. The van der Waals surface area contributed by atoms with Crippen LogP contribution in [0.25, 0.3) is 0 Å². The van der Waals surface area contributed by atoms with E-state index in [0.29, 0.717) is 12.4 Å². The van der Waals surface area contributed by atoms with Crippen molar-refractivity contribution in [2.75, 3.05) is 6.61 Å². The summed E-state index contributed by atoms with van der Waals surface area (Å²) in [5.74, 6) is 0.134. The lowest BCUT2D eigenvalue weighted by Crippen LogP contribution is -2.83. The summed E-state index contributed by atoms with van der Waals surface area (Å²) in [6, 6.07) is 8.04. The summed E-state index contributed by atoms with van der Waals surface area (Å²) in [6.07, 6.45) is 9.27. The molecule has 1 aromatic rings. The molecule has 3 heteroatoms. The third kappa shape index (κ3) is 1.93. The van der Waals surface area contributed by atoms with Gasteiger partial charge in [0, 0.05) is 23.5 Å². The predicted molar refractivity (Wildman–Crippen MR) is 146 cm³/mol. The maximum absolute atomic E-state index is 14.5. The lowest BCUT2D eigenvalue weighted by Gasteiger charge is -2.77. The highest BCUT2D eigenvalue weighted by atomic mass is 16.6. The fourth-order valence-electron chi connectivity index (χ4n) is 9.24. The van der Waals surface area contributed by atoms with Gasteiger partial charge in [-0.15, -0.1) is 0 Å². The minimum absolute atomic E-state index is 0.226. The molecule has 1 aromatic carbocycles. The number of ether oxygens (including phenoxy) is 2. The number of benzene rings is 1. The number of esters is 1. The molecule has 37 heavy (non-hydrogen) atoms. The molecule has 3 nitrogen and oxygen atoms in total. The first-order chi connectivity index (χ1) is 17.8. The molecule has 4 unspecified atom stereocenters. The van der Waals surface area contributed by atoms with Crippen molar-refractivity contribution in [1.82, 2.24) is 0 Å². The largest absolute Gasteiger partial charge is 0.424 e. The van der Waals surface area contributed by atoms with E-state index in [4.69, 9.17) is 9.47 Å². The van der Waals surface area contributed by atoms with Crippen LogP contribution < -0.4 is 4.74 Å². The Hall–Kier alpha value is -3.43. The SMILES string of the molecule is C=CC1=C2C=CC3=C(C=C)C(C)=C4C(C)=C(C)C(=C1C)C21C2c5ccccc5OC(=O)C2(OCCC)C341. The van der Waals surface area contributed by atoms with Gasteiger partial charge in [0.1, 0.15) is 5.75 Å². The van der Waals surface area contributed by atoms with Gasteiger partial charge in [-0.25, -0.2) is 4.79 Å². The van der Waals surface area contributed by atoms with Gasteiger partial charge in [-0.3, -0.25) is 0 Å². The van der Waals surface area contributed by atoms with Crippen molar-refractivity contribution < 1.29 is 14.3 Å². The second kappa shape index (κ2) is 6.90. The summed E-state index contributed by atoms with van der Waals surface area (Å²) in [7, 11) is 0. The first-order valence-electron chi connectivity index (χ1n) is 13.3. The van der Waals surface area contributed by atoms with E-state index in [9.17, 15) is 4.79 Å². The number of carbonyl (C=O) groups excluding carboxylic acids is 1. The highest BCUT2D eigenvalue weighted by Crippen LogP contribution is 2.90.